The molecule has 0 amide bonds. The first-order chi connectivity index (χ1) is 7.92. The lowest BCUT2D eigenvalue weighted by molar-refractivity contribution is -0.0130. The molecule has 0 aliphatic carbocycles. The number of benzene rings is 1. The molecule has 0 aliphatic rings. The predicted octanol–water partition coefficient (Wildman–Crippen LogP) is 3.01. The third-order valence-electron chi connectivity index (χ3n) is 2.82. The molecule has 0 fully saturated rings. The molecule has 1 aromatic carbocycles. The summed E-state index contributed by atoms with van der Waals surface area (Å²) < 4.78 is 33.0. The maximum Gasteiger partial charge on any atom is 0.274 e. The molecule has 1 rings (SSSR count). The maximum atomic E-state index is 13.9. The molecule has 0 aliphatic heterocycles. The van der Waals surface area contributed by atoms with E-state index in [0.29, 0.717) is 11.3 Å². The molecular formula is C13H19F2NO. The van der Waals surface area contributed by atoms with Crippen molar-refractivity contribution in [3.63, 3.8) is 0 Å². The van der Waals surface area contributed by atoms with Gasteiger partial charge in [0.15, 0.2) is 0 Å². The van der Waals surface area contributed by atoms with Gasteiger partial charge in [-0.15, -0.1) is 0 Å². The van der Waals surface area contributed by atoms with Crippen molar-refractivity contribution in [3.8, 4) is 5.75 Å². The number of methoxy groups -OCH3 is 1. The van der Waals surface area contributed by atoms with Gasteiger partial charge in [0.25, 0.3) is 5.92 Å². The first-order valence-electron chi connectivity index (χ1n) is 5.60. The van der Waals surface area contributed by atoms with Gasteiger partial charge in [-0.1, -0.05) is 0 Å². The van der Waals surface area contributed by atoms with E-state index in [4.69, 9.17) is 4.74 Å². The van der Waals surface area contributed by atoms with Crippen LogP contribution in [0.4, 0.5) is 8.78 Å². The van der Waals surface area contributed by atoms with Crippen LogP contribution in [0.1, 0.15) is 23.1 Å². The molecule has 17 heavy (non-hydrogen) atoms. The molecule has 0 heterocycles. The number of halogens is 2. The van der Waals surface area contributed by atoms with E-state index in [1.54, 1.807) is 34.1 Å². The van der Waals surface area contributed by atoms with E-state index in [-0.39, 0.29) is 18.5 Å². The minimum absolute atomic E-state index is 0.0889. The zero-order valence-electron chi connectivity index (χ0n) is 10.7. The topological polar surface area (TPSA) is 21.3 Å². The second kappa shape index (κ2) is 5.45. The third-order valence-corrected chi connectivity index (χ3v) is 2.82. The number of nitrogens with one attached hydrogen (secondary N) is 1. The molecule has 1 aromatic rings. The van der Waals surface area contributed by atoms with E-state index in [2.05, 4.69) is 5.32 Å². The van der Waals surface area contributed by atoms with E-state index < -0.39 is 5.92 Å². The van der Waals surface area contributed by atoms with Crippen molar-refractivity contribution in [1.82, 2.24) is 5.32 Å². The number of hydrogen-bond donors (Lipinski definition) is 1. The van der Waals surface area contributed by atoms with E-state index >= 15 is 0 Å². The van der Waals surface area contributed by atoms with Crippen molar-refractivity contribution in [2.24, 2.45) is 0 Å². The van der Waals surface area contributed by atoms with Crippen LogP contribution < -0.4 is 10.1 Å². The van der Waals surface area contributed by atoms with Crippen LogP contribution in [0.25, 0.3) is 0 Å². The van der Waals surface area contributed by atoms with E-state index in [1.807, 2.05) is 0 Å². The summed E-state index contributed by atoms with van der Waals surface area (Å²) >= 11 is 0. The Morgan fingerprint density at radius 2 is 1.88 bits per heavy atom. The Bertz CT molecular complexity index is 391. The van der Waals surface area contributed by atoms with E-state index in [1.165, 1.54) is 6.07 Å². The average Bonchev–Trinajstić information content (AvgIpc) is 2.28. The highest BCUT2D eigenvalue weighted by Gasteiger charge is 2.32. The van der Waals surface area contributed by atoms with Crippen molar-refractivity contribution < 1.29 is 13.5 Å². The van der Waals surface area contributed by atoms with Crippen molar-refractivity contribution in [2.75, 3.05) is 20.7 Å². The predicted molar refractivity (Wildman–Crippen MR) is 64.9 cm³/mol. The fraction of sp³-hybridized carbons (Fsp3) is 0.538. The number of rotatable bonds is 5. The van der Waals surface area contributed by atoms with Crippen LogP contribution in [-0.2, 0) is 5.92 Å². The molecule has 1 N–H and O–H groups in total. The Balaban J connectivity index is 3.09. The highest BCUT2D eigenvalue weighted by Crippen LogP contribution is 2.36. The molecule has 0 saturated carbocycles. The van der Waals surface area contributed by atoms with Crippen LogP contribution in [0.3, 0.4) is 0 Å². The van der Waals surface area contributed by atoms with Crippen LogP contribution in [0.5, 0.6) is 5.75 Å². The number of aryl methyl sites for hydroxylation is 2. The number of hydrogen-bond acceptors (Lipinski definition) is 2. The normalized spacial score (nSPS) is 11.6. The smallest absolute Gasteiger partial charge is 0.274 e. The van der Waals surface area contributed by atoms with Crippen molar-refractivity contribution in [1.29, 1.82) is 0 Å². The van der Waals surface area contributed by atoms with E-state index in [0.717, 1.165) is 5.56 Å². The molecule has 96 valence electrons. The van der Waals surface area contributed by atoms with Gasteiger partial charge in [0, 0.05) is 18.5 Å². The van der Waals surface area contributed by atoms with Crippen LogP contribution in [-0.4, -0.2) is 20.7 Å². The fourth-order valence-corrected chi connectivity index (χ4v) is 1.82. The summed E-state index contributed by atoms with van der Waals surface area (Å²) in [4.78, 5) is 0. The third kappa shape index (κ3) is 3.16. The van der Waals surface area contributed by atoms with Gasteiger partial charge < -0.3 is 10.1 Å². The zero-order chi connectivity index (χ0) is 13.1. The quantitative estimate of drug-likeness (QED) is 0.858. The highest BCUT2D eigenvalue weighted by molar-refractivity contribution is 5.43. The van der Waals surface area contributed by atoms with Gasteiger partial charge in [0.2, 0.25) is 0 Å². The van der Waals surface area contributed by atoms with Gasteiger partial charge in [0.05, 0.1) is 7.11 Å². The highest BCUT2D eigenvalue weighted by atomic mass is 19.3. The fourth-order valence-electron chi connectivity index (χ4n) is 1.82. The van der Waals surface area contributed by atoms with Crippen LogP contribution in [0, 0.1) is 13.8 Å². The van der Waals surface area contributed by atoms with Crippen LogP contribution in [0.15, 0.2) is 12.1 Å². The largest absolute Gasteiger partial charge is 0.496 e. The van der Waals surface area contributed by atoms with Gasteiger partial charge in [0.1, 0.15) is 5.75 Å². The minimum Gasteiger partial charge on any atom is -0.496 e. The minimum atomic E-state index is -2.80. The first-order valence-corrected chi connectivity index (χ1v) is 5.60. The van der Waals surface area contributed by atoms with E-state index in [9.17, 15) is 8.78 Å². The summed E-state index contributed by atoms with van der Waals surface area (Å²) in [6.45, 7) is 3.75. The Labute approximate surface area is 101 Å². The molecule has 0 unspecified atom stereocenters. The molecular weight excluding hydrogens is 224 g/mol. The Morgan fingerprint density at radius 1 is 1.24 bits per heavy atom. The number of ether oxygens (including phenoxy) is 1. The molecule has 0 saturated heterocycles. The second-order valence-corrected chi connectivity index (χ2v) is 4.19. The molecule has 2 nitrogen and oxygen atoms in total. The van der Waals surface area contributed by atoms with Gasteiger partial charge in [-0.25, -0.2) is 8.78 Å². The summed E-state index contributed by atoms with van der Waals surface area (Å²) in [5, 5.41) is 2.75. The summed E-state index contributed by atoms with van der Waals surface area (Å²) in [5.41, 5.74) is 1.39. The Hall–Kier alpha value is -1.16. The summed E-state index contributed by atoms with van der Waals surface area (Å²) in [7, 11) is 3.21. The van der Waals surface area contributed by atoms with Crippen LogP contribution >= 0.6 is 0 Å². The molecule has 0 atom stereocenters. The second-order valence-electron chi connectivity index (χ2n) is 4.19. The molecule has 0 radical (unpaired) electrons. The SMILES string of the molecule is CNCCC(F)(F)c1cc(C)c(OC)cc1C. The van der Waals surface area contributed by atoms with Gasteiger partial charge >= 0.3 is 0 Å². The molecule has 0 aromatic heterocycles. The summed E-state index contributed by atoms with van der Waals surface area (Å²) in [6, 6.07) is 3.18. The average molecular weight is 243 g/mol. The van der Waals surface area contributed by atoms with Gasteiger partial charge in [-0.3, -0.25) is 0 Å². The lowest BCUT2D eigenvalue weighted by Gasteiger charge is -2.20. The van der Waals surface area contributed by atoms with Crippen molar-refractivity contribution in [2.45, 2.75) is 26.2 Å². The van der Waals surface area contributed by atoms with Crippen molar-refractivity contribution >= 4 is 0 Å². The lowest BCUT2D eigenvalue weighted by Crippen LogP contribution is -2.22. The molecule has 0 spiro atoms. The summed E-state index contributed by atoms with van der Waals surface area (Å²) in [5.74, 6) is -2.15. The van der Waals surface area contributed by atoms with Gasteiger partial charge in [-0.2, -0.15) is 0 Å². The molecule has 4 heteroatoms. The van der Waals surface area contributed by atoms with Crippen LogP contribution in [0.2, 0.25) is 0 Å². The molecule has 0 bridgehead atoms. The Kier molecular flexibility index (Phi) is 4.46. The van der Waals surface area contributed by atoms with Crippen molar-refractivity contribution in [3.05, 3.63) is 28.8 Å². The summed E-state index contributed by atoms with van der Waals surface area (Å²) in [6.07, 6.45) is -0.198. The number of alkyl halides is 2. The standard InChI is InChI=1S/C13H19F2NO/c1-9-8-12(17-4)10(2)7-11(9)13(14,15)5-6-16-3/h7-8,16H,5-6H2,1-4H3. The van der Waals surface area contributed by atoms with Gasteiger partial charge in [-0.05, 0) is 44.2 Å². The Morgan fingerprint density at radius 3 is 2.41 bits per heavy atom. The maximum absolute atomic E-state index is 13.9. The monoisotopic (exact) mass is 243 g/mol. The lowest BCUT2D eigenvalue weighted by atomic mass is 9.97. The zero-order valence-corrected chi connectivity index (χ0v) is 10.7. The first kappa shape index (κ1) is 13.9.